The van der Waals surface area contributed by atoms with Crippen molar-refractivity contribution in [2.75, 3.05) is 0 Å². The summed E-state index contributed by atoms with van der Waals surface area (Å²) in [6.45, 7) is 1.98. The van der Waals surface area contributed by atoms with Crippen LogP contribution in [0.2, 0.25) is 5.02 Å². The Kier molecular flexibility index (Phi) is 3.78. The highest BCUT2D eigenvalue weighted by molar-refractivity contribution is 6.31. The second-order valence-corrected chi connectivity index (χ2v) is 5.45. The van der Waals surface area contributed by atoms with Crippen LogP contribution in [0.25, 0.3) is 5.69 Å². The molecule has 0 saturated carbocycles. The predicted molar refractivity (Wildman–Crippen MR) is 85.8 cm³/mol. The van der Waals surface area contributed by atoms with Gasteiger partial charge in [-0.1, -0.05) is 41.9 Å². The monoisotopic (exact) mass is 297 g/mol. The molecule has 3 nitrogen and oxygen atoms in total. The highest BCUT2D eigenvalue weighted by atomic mass is 35.5. The Morgan fingerprint density at radius 2 is 1.86 bits per heavy atom. The maximum absolute atomic E-state index is 6.33. The molecular formula is C17H16ClN3. The van der Waals surface area contributed by atoms with Gasteiger partial charge in [0, 0.05) is 16.8 Å². The van der Waals surface area contributed by atoms with E-state index in [9.17, 15) is 0 Å². The van der Waals surface area contributed by atoms with Crippen LogP contribution in [0.1, 0.15) is 22.7 Å². The first-order valence-electron chi connectivity index (χ1n) is 6.77. The van der Waals surface area contributed by atoms with E-state index >= 15 is 0 Å². The normalized spacial score (nSPS) is 12.3. The van der Waals surface area contributed by atoms with Crippen LogP contribution in [0.5, 0.6) is 0 Å². The Morgan fingerprint density at radius 3 is 2.57 bits per heavy atom. The molecule has 1 atom stereocenters. The summed E-state index contributed by atoms with van der Waals surface area (Å²) in [5.74, 6) is 0. The van der Waals surface area contributed by atoms with Crippen LogP contribution in [0, 0.1) is 6.92 Å². The van der Waals surface area contributed by atoms with Crippen molar-refractivity contribution in [3.05, 3.63) is 82.6 Å². The Hall–Kier alpha value is -2.10. The molecule has 0 aliphatic rings. The highest BCUT2D eigenvalue weighted by Crippen LogP contribution is 2.24. The van der Waals surface area contributed by atoms with Crippen molar-refractivity contribution in [1.29, 1.82) is 0 Å². The fraction of sp³-hybridized carbons (Fsp3) is 0.118. The number of nitrogens with zero attached hydrogens (tertiary/aromatic N) is 2. The van der Waals surface area contributed by atoms with E-state index in [1.54, 1.807) is 0 Å². The minimum Gasteiger partial charge on any atom is -0.320 e. The molecular weight excluding hydrogens is 282 g/mol. The molecule has 0 spiro atoms. The van der Waals surface area contributed by atoms with Crippen LogP contribution in [0.3, 0.4) is 0 Å². The molecule has 106 valence electrons. The van der Waals surface area contributed by atoms with Crippen LogP contribution in [-0.2, 0) is 0 Å². The van der Waals surface area contributed by atoms with Crippen molar-refractivity contribution in [3.63, 3.8) is 0 Å². The molecule has 3 aromatic rings. The lowest BCUT2D eigenvalue weighted by Gasteiger charge is -2.11. The van der Waals surface area contributed by atoms with Gasteiger partial charge in [0.05, 0.1) is 17.9 Å². The second kappa shape index (κ2) is 5.72. The summed E-state index contributed by atoms with van der Waals surface area (Å²) in [6, 6.07) is 15.6. The van der Waals surface area contributed by atoms with Crippen molar-refractivity contribution in [2.24, 2.45) is 5.73 Å². The molecule has 1 heterocycles. The Labute approximate surface area is 129 Å². The van der Waals surface area contributed by atoms with E-state index in [1.807, 2.05) is 72.5 Å². The minimum absolute atomic E-state index is 0.210. The predicted octanol–water partition coefficient (Wildman–Crippen LogP) is 3.88. The third kappa shape index (κ3) is 2.84. The van der Waals surface area contributed by atoms with Gasteiger partial charge in [-0.25, -0.2) is 4.68 Å². The van der Waals surface area contributed by atoms with Crippen molar-refractivity contribution >= 4 is 11.6 Å². The SMILES string of the molecule is Cc1cc(C(N)c2cnn(-c3ccccc3)c2)ccc1Cl. The van der Waals surface area contributed by atoms with Gasteiger partial charge in [-0.05, 0) is 36.2 Å². The van der Waals surface area contributed by atoms with E-state index in [1.165, 1.54) is 0 Å². The first-order chi connectivity index (χ1) is 10.1. The highest BCUT2D eigenvalue weighted by Gasteiger charge is 2.12. The molecule has 0 aliphatic heterocycles. The number of aromatic nitrogens is 2. The molecule has 2 aromatic carbocycles. The minimum atomic E-state index is -0.210. The van der Waals surface area contributed by atoms with E-state index in [0.29, 0.717) is 0 Å². The molecule has 0 fully saturated rings. The molecule has 1 aromatic heterocycles. The fourth-order valence-corrected chi connectivity index (χ4v) is 2.39. The van der Waals surface area contributed by atoms with Crippen molar-refractivity contribution in [3.8, 4) is 5.69 Å². The standard InChI is InChI=1S/C17H16ClN3/c1-12-9-13(7-8-16(12)18)17(19)14-10-20-21(11-14)15-5-3-2-4-6-15/h2-11,17H,19H2,1H3. The summed E-state index contributed by atoms with van der Waals surface area (Å²) < 4.78 is 1.83. The van der Waals surface area contributed by atoms with Gasteiger partial charge in [0.25, 0.3) is 0 Å². The van der Waals surface area contributed by atoms with Crippen LogP contribution >= 0.6 is 11.6 Å². The number of hydrogen-bond donors (Lipinski definition) is 1. The van der Waals surface area contributed by atoms with Gasteiger partial charge in [0.1, 0.15) is 0 Å². The Morgan fingerprint density at radius 1 is 1.10 bits per heavy atom. The summed E-state index contributed by atoms with van der Waals surface area (Å²) >= 11 is 6.06. The number of para-hydroxylation sites is 1. The quantitative estimate of drug-likeness (QED) is 0.797. The maximum Gasteiger partial charge on any atom is 0.0645 e. The van der Waals surface area contributed by atoms with E-state index in [0.717, 1.165) is 27.4 Å². The molecule has 1 unspecified atom stereocenters. The van der Waals surface area contributed by atoms with Crippen molar-refractivity contribution < 1.29 is 0 Å². The summed E-state index contributed by atoms with van der Waals surface area (Å²) in [7, 11) is 0. The third-order valence-electron chi connectivity index (χ3n) is 3.52. The van der Waals surface area contributed by atoms with Crippen LogP contribution in [-0.4, -0.2) is 9.78 Å². The molecule has 4 heteroatoms. The molecule has 0 amide bonds. The van der Waals surface area contributed by atoms with Crippen LogP contribution in [0.15, 0.2) is 60.9 Å². The largest absolute Gasteiger partial charge is 0.320 e. The van der Waals surface area contributed by atoms with E-state index in [2.05, 4.69) is 5.10 Å². The van der Waals surface area contributed by atoms with Crippen molar-refractivity contribution in [2.45, 2.75) is 13.0 Å². The zero-order valence-corrected chi connectivity index (χ0v) is 12.5. The van der Waals surface area contributed by atoms with E-state index in [-0.39, 0.29) is 6.04 Å². The average molecular weight is 298 g/mol. The molecule has 3 rings (SSSR count). The number of benzene rings is 2. The fourth-order valence-electron chi connectivity index (χ4n) is 2.27. The number of nitrogens with two attached hydrogens (primary N) is 1. The van der Waals surface area contributed by atoms with E-state index in [4.69, 9.17) is 17.3 Å². The van der Waals surface area contributed by atoms with Gasteiger partial charge >= 0.3 is 0 Å². The number of hydrogen-bond acceptors (Lipinski definition) is 2. The van der Waals surface area contributed by atoms with Gasteiger partial charge < -0.3 is 5.73 Å². The Balaban J connectivity index is 1.90. The number of aryl methyl sites for hydroxylation is 1. The zero-order valence-electron chi connectivity index (χ0n) is 11.7. The summed E-state index contributed by atoms with van der Waals surface area (Å²) in [5, 5.41) is 5.14. The van der Waals surface area contributed by atoms with E-state index < -0.39 is 0 Å². The molecule has 0 radical (unpaired) electrons. The number of halogens is 1. The van der Waals surface area contributed by atoms with Gasteiger partial charge in [-0.3, -0.25) is 0 Å². The maximum atomic E-state index is 6.33. The molecule has 0 saturated heterocycles. The lowest BCUT2D eigenvalue weighted by Crippen LogP contribution is -2.11. The zero-order chi connectivity index (χ0) is 14.8. The van der Waals surface area contributed by atoms with Crippen molar-refractivity contribution in [1.82, 2.24) is 9.78 Å². The summed E-state index contributed by atoms with van der Waals surface area (Å²) in [4.78, 5) is 0. The molecule has 21 heavy (non-hydrogen) atoms. The third-order valence-corrected chi connectivity index (χ3v) is 3.95. The second-order valence-electron chi connectivity index (χ2n) is 5.04. The number of rotatable bonds is 3. The molecule has 0 bridgehead atoms. The smallest absolute Gasteiger partial charge is 0.0645 e. The first kappa shape index (κ1) is 13.9. The lowest BCUT2D eigenvalue weighted by molar-refractivity contribution is 0.860. The molecule has 0 aliphatic carbocycles. The summed E-state index contributed by atoms with van der Waals surface area (Å²) in [6.07, 6.45) is 3.77. The molecule has 2 N–H and O–H groups in total. The summed E-state index contributed by atoms with van der Waals surface area (Å²) in [5.41, 5.74) is 10.4. The van der Waals surface area contributed by atoms with Crippen LogP contribution < -0.4 is 5.73 Å². The van der Waals surface area contributed by atoms with Crippen LogP contribution in [0.4, 0.5) is 0 Å². The first-order valence-corrected chi connectivity index (χ1v) is 7.14. The van der Waals surface area contributed by atoms with Gasteiger partial charge in [0.2, 0.25) is 0 Å². The lowest BCUT2D eigenvalue weighted by atomic mass is 10.0. The van der Waals surface area contributed by atoms with Gasteiger partial charge in [0.15, 0.2) is 0 Å². The average Bonchev–Trinajstić information content (AvgIpc) is 3.00. The van der Waals surface area contributed by atoms with Gasteiger partial charge in [-0.2, -0.15) is 5.10 Å². The topological polar surface area (TPSA) is 43.8 Å². The Bertz CT molecular complexity index is 750. The van der Waals surface area contributed by atoms with Gasteiger partial charge in [-0.15, -0.1) is 0 Å².